The van der Waals surface area contributed by atoms with E-state index in [1.807, 2.05) is 4.68 Å². The molecule has 0 unspecified atom stereocenters. The zero-order chi connectivity index (χ0) is 14.5. The Balaban J connectivity index is 2.72. The van der Waals surface area contributed by atoms with Gasteiger partial charge in [-0.1, -0.05) is 27.7 Å². The van der Waals surface area contributed by atoms with E-state index in [1.54, 1.807) is 0 Å². The summed E-state index contributed by atoms with van der Waals surface area (Å²) in [5.41, 5.74) is 2.83. The van der Waals surface area contributed by atoms with Crippen LogP contribution in [0.5, 0.6) is 0 Å². The Bertz CT molecular complexity index is 375. The van der Waals surface area contributed by atoms with Crippen LogP contribution in [0.3, 0.4) is 0 Å². The van der Waals surface area contributed by atoms with Crippen LogP contribution in [0.25, 0.3) is 0 Å². The number of rotatable bonds is 8. The van der Waals surface area contributed by atoms with Crippen LogP contribution in [0.15, 0.2) is 6.07 Å². The lowest BCUT2D eigenvalue weighted by Gasteiger charge is -2.32. The first-order chi connectivity index (χ1) is 8.92. The Kier molecular flexibility index (Phi) is 6.05. The topological polar surface area (TPSA) is 29.9 Å². The molecule has 0 radical (unpaired) electrons. The van der Waals surface area contributed by atoms with E-state index < -0.39 is 0 Å². The molecule has 3 heteroatoms. The van der Waals surface area contributed by atoms with Gasteiger partial charge in [-0.3, -0.25) is 4.68 Å². The third-order valence-corrected chi connectivity index (χ3v) is 4.21. The zero-order valence-electron chi connectivity index (χ0n) is 13.6. The lowest BCUT2D eigenvalue weighted by molar-refractivity contribution is 0.238. The van der Waals surface area contributed by atoms with Crippen molar-refractivity contribution >= 4 is 0 Å². The number of nitrogens with zero attached hydrogens (tertiary/aromatic N) is 2. The molecule has 19 heavy (non-hydrogen) atoms. The highest BCUT2D eigenvalue weighted by Crippen LogP contribution is 2.30. The average molecular weight is 265 g/mol. The van der Waals surface area contributed by atoms with Crippen molar-refractivity contribution in [2.45, 2.75) is 53.9 Å². The van der Waals surface area contributed by atoms with Crippen molar-refractivity contribution in [3.63, 3.8) is 0 Å². The number of hydrogen-bond acceptors (Lipinski definition) is 2. The standard InChI is InChI=1S/C16H31N3/c1-7-16(8-2,12-17-11-13(3)4)10-15-9-14(5)18-19(15)6/h9,13,17H,7-8,10-12H2,1-6H3. The molecule has 0 aliphatic heterocycles. The summed E-state index contributed by atoms with van der Waals surface area (Å²) in [6.07, 6.45) is 3.53. The fourth-order valence-corrected chi connectivity index (χ4v) is 2.65. The Morgan fingerprint density at radius 1 is 1.32 bits per heavy atom. The molecule has 0 atom stereocenters. The summed E-state index contributed by atoms with van der Waals surface area (Å²) in [7, 11) is 2.06. The Labute approximate surface area is 118 Å². The smallest absolute Gasteiger partial charge is 0.0596 e. The van der Waals surface area contributed by atoms with E-state index in [0.29, 0.717) is 11.3 Å². The normalized spacial score (nSPS) is 12.4. The quantitative estimate of drug-likeness (QED) is 0.781. The van der Waals surface area contributed by atoms with E-state index in [-0.39, 0.29) is 0 Å². The van der Waals surface area contributed by atoms with Crippen LogP contribution in [-0.2, 0) is 13.5 Å². The molecule has 3 nitrogen and oxygen atoms in total. The van der Waals surface area contributed by atoms with Crippen molar-refractivity contribution in [1.29, 1.82) is 0 Å². The lowest BCUT2D eigenvalue weighted by Crippen LogP contribution is -2.37. The molecule has 0 amide bonds. The van der Waals surface area contributed by atoms with Crippen molar-refractivity contribution in [3.05, 3.63) is 17.5 Å². The summed E-state index contributed by atoms with van der Waals surface area (Å²) >= 11 is 0. The van der Waals surface area contributed by atoms with Crippen LogP contribution in [0.4, 0.5) is 0 Å². The predicted octanol–water partition coefficient (Wildman–Crippen LogP) is 3.32. The van der Waals surface area contributed by atoms with Crippen molar-refractivity contribution in [2.24, 2.45) is 18.4 Å². The number of nitrogens with one attached hydrogen (secondary N) is 1. The molecule has 0 bridgehead atoms. The third-order valence-electron chi connectivity index (χ3n) is 4.21. The average Bonchev–Trinajstić information content (AvgIpc) is 2.66. The van der Waals surface area contributed by atoms with Gasteiger partial charge in [0, 0.05) is 19.3 Å². The van der Waals surface area contributed by atoms with Crippen molar-refractivity contribution < 1.29 is 0 Å². The van der Waals surface area contributed by atoms with Gasteiger partial charge in [-0.05, 0) is 50.1 Å². The number of aromatic nitrogens is 2. The van der Waals surface area contributed by atoms with E-state index in [2.05, 4.69) is 58.1 Å². The molecule has 1 N–H and O–H groups in total. The first kappa shape index (κ1) is 16.2. The maximum atomic E-state index is 4.47. The predicted molar refractivity (Wildman–Crippen MR) is 82.4 cm³/mol. The van der Waals surface area contributed by atoms with Crippen LogP contribution < -0.4 is 5.32 Å². The van der Waals surface area contributed by atoms with Crippen LogP contribution in [0, 0.1) is 18.3 Å². The molecule has 0 spiro atoms. The maximum absolute atomic E-state index is 4.47. The van der Waals surface area contributed by atoms with E-state index in [0.717, 1.165) is 25.2 Å². The van der Waals surface area contributed by atoms with Gasteiger partial charge in [-0.25, -0.2) is 0 Å². The second-order valence-electron chi connectivity index (χ2n) is 6.31. The highest BCUT2D eigenvalue weighted by Gasteiger charge is 2.27. The molecule has 1 heterocycles. The largest absolute Gasteiger partial charge is 0.316 e. The first-order valence-electron chi connectivity index (χ1n) is 7.62. The van der Waals surface area contributed by atoms with Crippen molar-refractivity contribution in [1.82, 2.24) is 15.1 Å². The minimum atomic E-state index is 0.356. The van der Waals surface area contributed by atoms with Gasteiger partial charge in [0.1, 0.15) is 0 Å². The fourth-order valence-electron chi connectivity index (χ4n) is 2.65. The molecule has 1 aromatic rings. The SMILES string of the molecule is CCC(CC)(CNCC(C)C)Cc1cc(C)nn1C. The maximum Gasteiger partial charge on any atom is 0.0596 e. The van der Waals surface area contributed by atoms with Crippen LogP contribution in [0.1, 0.15) is 51.9 Å². The fraction of sp³-hybridized carbons (Fsp3) is 0.812. The second kappa shape index (κ2) is 7.09. The van der Waals surface area contributed by atoms with E-state index in [4.69, 9.17) is 0 Å². The van der Waals surface area contributed by atoms with Gasteiger partial charge in [0.15, 0.2) is 0 Å². The summed E-state index contributed by atoms with van der Waals surface area (Å²) in [4.78, 5) is 0. The molecule has 0 aliphatic carbocycles. The summed E-state index contributed by atoms with van der Waals surface area (Å²) in [5.74, 6) is 0.713. The molecule has 1 rings (SSSR count). The Hall–Kier alpha value is -0.830. The van der Waals surface area contributed by atoms with Crippen molar-refractivity contribution in [2.75, 3.05) is 13.1 Å². The molecule has 0 saturated carbocycles. The third kappa shape index (κ3) is 4.64. The molecule has 0 fully saturated rings. The van der Waals surface area contributed by atoms with Crippen LogP contribution in [-0.4, -0.2) is 22.9 Å². The Morgan fingerprint density at radius 2 is 1.95 bits per heavy atom. The summed E-state index contributed by atoms with van der Waals surface area (Å²) in [5, 5.41) is 8.11. The van der Waals surface area contributed by atoms with Gasteiger partial charge in [0.05, 0.1) is 5.69 Å². The van der Waals surface area contributed by atoms with Gasteiger partial charge in [0.25, 0.3) is 0 Å². The summed E-state index contributed by atoms with van der Waals surface area (Å²) in [6, 6.07) is 2.22. The van der Waals surface area contributed by atoms with E-state index in [1.165, 1.54) is 18.5 Å². The summed E-state index contributed by atoms with van der Waals surface area (Å²) < 4.78 is 2.04. The molecule has 0 aromatic carbocycles. The van der Waals surface area contributed by atoms with Gasteiger partial charge in [0.2, 0.25) is 0 Å². The highest BCUT2D eigenvalue weighted by molar-refractivity contribution is 5.11. The molecule has 110 valence electrons. The van der Waals surface area contributed by atoms with Gasteiger partial charge in [-0.2, -0.15) is 5.10 Å². The lowest BCUT2D eigenvalue weighted by atomic mass is 9.78. The second-order valence-corrected chi connectivity index (χ2v) is 6.31. The number of aryl methyl sites for hydroxylation is 2. The van der Waals surface area contributed by atoms with Crippen molar-refractivity contribution in [3.8, 4) is 0 Å². The zero-order valence-corrected chi connectivity index (χ0v) is 13.6. The van der Waals surface area contributed by atoms with E-state index in [9.17, 15) is 0 Å². The molecule has 0 aliphatic rings. The molecule has 0 saturated heterocycles. The molecular formula is C16H31N3. The van der Waals surface area contributed by atoms with Gasteiger partial charge >= 0.3 is 0 Å². The van der Waals surface area contributed by atoms with E-state index >= 15 is 0 Å². The monoisotopic (exact) mass is 265 g/mol. The molecular weight excluding hydrogens is 234 g/mol. The first-order valence-corrected chi connectivity index (χ1v) is 7.62. The van der Waals surface area contributed by atoms with Gasteiger partial charge < -0.3 is 5.32 Å². The summed E-state index contributed by atoms with van der Waals surface area (Å²) in [6.45, 7) is 13.4. The minimum absolute atomic E-state index is 0.356. The van der Waals surface area contributed by atoms with Gasteiger partial charge in [-0.15, -0.1) is 0 Å². The molecule has 1 aromatic heterocycles. The minimum Gasteiger partial charge on any atom is -0.316 e. The highest BCUT2D eigenvalue weighted by atomic mass is 15.3. The number of hydrogen-bond donors (Lipinski definition) is 1. The Morgan fingerprint density at radius 3 is 2.37 bits per heavy atom. The van der Waals surface area contributed by atoms with Crippen LogP contribution >= 0.6 is 0 Å². The van der Waals surface area contributed by atoms with Crippen LogP contribution in [0.2, 0.25) is 0 Å².